The summed E-state index contributed by atoms with van der Waals surface area (Å²) < 4.78 is 1.73. The van der Waals surface area contributed by atoms with E-state index in [9.17, 15) is 4.79 Å². The molecule has 0 atom stereocenters. The van der Waals surface area contributed by atoms with E-state index in [2.05, 4.69) is 24.1 Å². The normalized spacial score (nSPS) is 23.6. The van der Waals surface area contributed by atoms with Crippen LogP contribution in [0.5, 0.6) is 0 Å². The number of halogens is 1. The Kier molecular flexibility index (Phi) is 4.86. The Morgan fingerprint density at radius 3 is 2.74 bits per heavy atom. The van der Waals surface area contributed by atoms with Crippen molar-refractivity contribution in [2.75, 3.05) is 5.32 Å². The fraction of sp³-hybridized carbons (Fsp3) is 0.714. The monoisotopic (exact) mass is 283 g/mol. The van der Waals surface area contributed by atoms with Crippen LogP contribution < -0.4 is 10.9 Å². The molecule has 0 spiro atoms. The van der Waals surface area contributed by atoms with E-state index in [0.29, 0.717) is 23.2 Å². The van der Waals surface area contributed by atoms with Crippen LogP contribution in [-0.4, -0.2) is 21.0 Å². The zero-order chi connectivity index (χ0) is 13.8. The number of aromatic nitrogens is 2. The molecule has 106 valence electrons. The predicted octanol–water partition coefficient (Wildman–Crippen LogP) is 2.86. The third-order valence-corrected chi connectivity index (χ3v) is 3.91. The molecule has 1 saturated carbocycles. The average Bonchev–Trinajstić information content (AvgIpc) is 2.36. The predicted molar refractivity (Wildman–Crippen MR) is 78.9 cm³/mol. The van der Waals surface area contributed by atoms with Gasteiger partial charge in [0, 0.05) is 30.4 Å². The van der Waals surface area contributed by atoms with Crippen LogP contribution in [0.2, 0.25) is 0 Å². The maximum atomic E-state index is 12.3. The van der Waals surface area contributed by atoms with Gasteiger partial charge < -0.3 is 9.88 Å². The summed E-state index contributed by atoms with van der Waals surface area (Å²) in [6.45, 7) is 4.92. The molecule has 1 N–H and O–H groups in total. The van der Waals surface area contributed by atoms with E-state index in [1.807, 2.05) is 0 Å². The molecular formula is C14H22ClN3O. The third kappa shape index (κ3) is 3.96. The van der Waals surface area contributed by atoms with Gasteiger partial charge in [0.25, 0.3) is 5.56 Å². The van der Waals surface area contributed by atoms with Crippen LogP contribution in [0.3, 0.4) is 0 Å². The van der Waals surface area contributed by atoms with Crippen LogP contribution in [-0.2, 0) is 6.54 Å². The second kappa shape index (κ2) is 6.42. The molecule has 0 amide bonds. The van der Waals surface area contributed by atoms with Gasteiger partial charge in [0.2, 0.25) is 0 Å². The van der Waals surface area contributed by atoms with Crippen molar-refractivity contribution in [1.29, 1.82) is 0 Å². The molecule has 0 radical (unpaired) electrons. The number of rotatable bonds is 4. The first-order valence-electron chi connectivity index (χ1n) is 7.02. The lowest BCUT2D eigenvalue weighted by atomic mass is 9.95. The molecule has 0 bridgehead atoms. The molecule has 5 heteroatoms. The second-order valence-electron chi connectivity index (χ2n) is 5.72. The number of hydrogen-bond donors (Lipinski definition) is 1. The summed E-state index contributed by atoms with van der Waals surface area (Å²) in [7, 11) is 0. The number of nitrogens with one attached hydrogen (secondary N) is 1. The summed E-state index contributed by atoms with van der Waals surface area (Å²) in [4.78, 5) is 16.4. The number of hydrogen-bond acceptors (Lipinski definition) is 3. The van der Waals surface area contributed by atoms with Crippen molar-refractivity contribution in [3.63, 3.8) is 0 Å². The van der Waals surface area contributed by atoms with Crippen molar-refractivity contribution in [3.05, 3.63) is 22.7 Å². The lowest BCUT2D eigenvalue weighted by molar-refractivity contribution is 0.465. The molecule has 0 aromatic carbocycles. The van der Waals surface area contributed by atoms with Gasteiger partial charge in [-0.2, -0.15) is 0 Å². The van der Waals surface area contributed by atoms with Gasteiger partial charge in [-0.1, -0.05) is 13.8 Å². The van der Waals surface area contributed by atoms with Gasteiger partial charge in [0.05, 0.1) is 0 Å². The maximum absolute atomic E-state index is 12.3. The van der Waals surface area contributed by atoms with Crippen LogP contribution in [0.4, 0.5) is 5.82 Å². The zero-order valence-corrected chi connectivity index (χ0v) is 12.4. The lowest BCUT2D eigenvalue weighted by Gasteiger charge is -2.26. The van der Waals surface area contributed by atoms with Crippen molar-refractivity contribution in [2.24, 2.45) is 5.92 Å². The van der Waals surface area contributed by atoms with E-state index in [0.717, 1.165) is 32.2 Å². The topological polar surface area (TPSA) is 46.9 Å². The Morgan fingerprint density at radius 2 is 2.11 bits per heavy atom. The molecule has 1 fully saturated rings. The van der Waals surface area contributed by atoms with Crippen LogP contribution in [0.25, 0.3) is 0 Å². The van der Waals surface area contributed by atoms with Crippen molar-refractivity contribution in [3.8, 4) is 0 Å². The second-order valence-corrected chi connectivity index (χ2v) is 6.34. The Labute approximate surface area is 119 Å². The minimum Gasteiger partial charge on any atom is -0.363 e. The van der Waals surface area contributed by atoms with E-state index in [1.165, 1.54) is 0 Å². The Balaban J connectivity index is 2.06. The molecule has 1 heterocycles. The molecular weight excluding hydrogens is 262 g/mol. The molecule has 0 saturated heterocycles. The van der Waals surface area contributed by atoms with Crippen molar-refractivity contribution in [1.82, 2.24) is 9.55 Å². The summed E-state index contributed by atoms with van der Waals surface area (Å²) in [5.74, 6) is 0.917. The first-order chi connectivity index (χ1) is 9.06. The molecule has 4 nitrogen and oxygen atoms in total. The van der Waals surface area contributed by atoms with Gasteiger partial charge in [-0.3, -0.25) is 4.79 Å². The van der Waals surface area contributed by atoms with Gasteiger partial charge in [-0.25, -0.2) is 4.98 Å². The van der Waals surface area contributed by atoms with Crippen LogP contribution in [0.15, 0.2) is 17.2 Å². The summed E-state index contributed by atoms with van der Waals surface area (Å²) in [6, 6.07) is 0.324. The lowest BCUT2D eigenvalue weighted by Crippen LogP contribution is -2.32. The SMILES string of the molecule is CC(C)Cn1ccnc(NC2CCC(Cl)CC2)c1=O. The van der Waals surface area contributed by atoms with E-state index >= 15 is 0 Å². The van der Waals surface area contributed by atoms with Crippen LogP contribution in [0.1, 0.15) is 39.5 Å². The number of alkyl halides is 1. The Morgan fingerprint density at radius 1 is 1.42 bits per heavy atom. The quantitative estimate of drug-likeness (QED) is 0.865. The van der Waals surface area contributed by atoms with Crippen LogP contribution in [0, 0.1) is 5.92 Å². The molecule has 1 aliphatic carbocycles. The summed E-state index contributed by atoms with van der Waals surface area (Å²) in [5, 5.41) is 3.57. The number of nitrogens with zero attached hydrogens (tertiary/aromatic N) is 2. The highest BCUT2D eigenvalue weighted by atomic mass is 35.5. The highest BCUT2D eigenvalue weighted by molar-refractivity contribution is 6.20. The maximum Gasteiger partial charge on any atom is 0.293 e. The smallest absolute Gasteiger partial charge is 0.293 e. The molecule has 1 aromatic rings. The minimum absolute atomic E-state index is 0.0239. The van der Waals surface area contributed by atoms with Gasteiger partial charge in [-0.05, 0) is 31.6 Å². The Hall–Kier alpha value is -1.03. The van der Waals surface area contributed by atoms with E-state index < -0.39 is 0 Å². The highest BCUT2D eigenvalue weighted by Gasteiger charge is 2.20. The van der Waals surface area contributed by atoms with Gasteiger partial charge in [0.15, 0.2) is 5.82 Å². The largest absolute Gasteiger partial charge is 0.363 e. The first-order valence-corrected chi connectivity index (χ1v) is 7.46. The third-order valence-electron chi connectivity index (χ3n) is 3.47. The molecule has 1 aromatic heterocycles. The van der Waals surface area contributed by atoms with Gasteiger partial charge >= 0.3 is 0 Å². The first kappa shape index (κ1) is 14.4. The molecule has 2 rings (SSSR count). The van der Waals surface area contributed by atoms with Crippen LogP contribution >= 0.6 is 11.6 Å². The molecule has 0 unspecified atom stereocenters. The summed E-state index contributed by atoms with van der Waals surface area (Å²) >= 11 is 6.09. The van der Waals surface area contributed by atoms with Gasteiger partial charge in [0.1, 0.15) is 0 Å². The van der Waals surface area contributed by atoms with Crippen molar-refractivity contribution < 1.29 is 0 Å². The van der Waals surface area contributed by atoms with E-state index in [4.69, 9.17) is 11.6 Å². The fourth-order valence-electron chi connectivity index (χ4n) is 2.47. The van der Waals surface area contributed by atoms with Crippen molar-refractivity contribution >= 4 is 17.4 Å². The summed E-state index contributed by atoms with van der Waals surface area (Å²) in [5.41, 5.74) is -0.0239. The average molecular weight is 284 g/mol. The summed E-state index contributed by atoms with van der Waals surface area (Å²) in [6.07, 6.45) is 7.48. The van der Waals surface area contributed by atoms with E-state index in [-0.39, 0.29) is 5.56 Å². The van der Waals surface area contributed by atoms with Crippen molar-refractivity contribution in [2.45, 2.75) is 57.5 Å². The van der Waals surface area contributed by atoms with Gasteiger partial charge in [-0.15, -0.1) is 11.6 Å². The standard InChI is InChI=1S/C14H22ClN3O/c1-10(2)9-18-8-7-16-13(14(18)19)17-12-5-3-11(15)4-6-12/h7-8,10-12H,3-6,9H2,1-2H3,(H,16,17). The number of anilines is 1. The molecule has 0 aliphatic heterocycles. The highest BCUT2D eigenvalue weighted by Crippen LogP contribution is 2.24. The van der Waals surface area contributed by atoms with E-state index in [1.54, 1.807) is 17.0 Å². The Bertz CT molecular complexity index is 464. The zero-order valence-electron chi connectivity index (χ0n) is 11.6. The molecule has 19 heavy (non-hydrogen) atoms. The molecule has 1 aliphatic rings. The minimum atomic E-state index is -0.0239. The fourth-order valence-corrected chi connectivity index (χ4v) is 2.73.